The van der Waals surface area contributed by atoms with Crippen LogP contribution < -0.4 is 14.5 Å². The minimum Gasteiger partial charge on any atom is -0.495 e. The Bertz CT molecular complexity index is 1320. The summed E-state index contributed by atoms with van der Waals surface area (Å²) >= 11 is 0. The number of methoxy groups -OCH3 is 1. The second kappa shape index (κ2) is 9.96. The first-order chi connectivity index (χ1) is 16.1. The lowest BCUT2D eigenvalue weighted by atomic mass is 10.1. The van der Waals surface area contributed by atoms with Gasteiger partial charge < -0.3 is 14.5 Å². The number of carbonyl (C=O) groups excluding carboxylic acids is 1. The Morgan fingerprint density at radius 3 is 2.21 bits per heavy atom. The Morgan fingerprint density at radius 2 is 1.65 bits per heavy atom. The Morgan fingerprint density at radius 1 is 1.03 bits per heavy atom. The molecule has 1 amide bonds. The van der Waals surface area contributed by atoms with E-state index in [1.807, 2.05) is 19.1 Å². The van der Waals surface area contributed by atoms with Gasteiger partial charge in [0.25, 0.3) is 11.6 Å². The van der Waals surface area contributed by atoms with Gasteiger partial charge in [-0.15, -0.1) is 0 Å². The van der Waals surface area contributed by atoms with E-state index in [0.717, 1.165) is 0 Å². The standard InChI is InChI=1S/C25H27N3O5S/c1-6-27(20-10-7-8-12-22(20)33-4)25(29)24-21(26(2)3)11-9-13-23(24)34(5,32)19-16-14-18(15-17-19)28(30)31/h7-17H,5-6H2,1-4H3. The molecule has 1 atom stereocenters. The second-order valence-corrected chi connectivity index (χ2v) is 9.95. The zero-order chi connectivity index (χ0) is 25.0. The molecule has 9 heteroatoms. The average Bonchev–Trinajstić information content (AvgIpc) is 2.84. The lowest BCUT2D eigenvalue weighted by molar-refractivity contribution is -0.384. The fraction of sp³-hybridized carbons (Fsp3) is 0.200. The fourth-order valence-electron chi connectivity index (χ4n) is 3.71. The minimum absolute atomic E-state index is 0.120. The van der Waals surface area contributed by atoms with Crippen molar-refractivity contribution < 1.29 is 18.7 Å². The maximum atomic E-state index is 14.0. The highest BCUT2D eigenvalue weighted by Crippen LogP contribution is 2.35. The summed E-state index contributed by atoms with van der Waals surface area (Å²) in [5.74, 6) is 4.14. The Hall–Kier alpha value is -3.85. The fourth-order valence-corrected chi connectivity index (χ4v) is 5.36. The number of non-ortho nitro benzene ring substituents is 1. The first-order valence-corrected chi connectivity index (χ1v) is 12.2. The van der Waals surface area contributed by atoms with Crippen LogP contribution in [0.5, 0.6) is 5.75 Å². The van der Waals surface area contributed by atoms with Crippen molar-refractivity contribution in [1.29, 1.82) is 0 Å². The highest BCUT2D eigenvalue weighted by molar-refractivity contribution is 8.00. The number of hydrogen-bond donors (Lipinski definition) is 0. The van der Waals surface area contributed by atoms with E-state index in [1.54, 1.807) is 54.2 Å². The Kier molecular flexibility index (Phi) is 7.26. The van der Waals surface area contributed by atoms with Gasteiger partial charge in [-0.2, -0.15) is 0 Å². The molecule has 3 aromatic carbocycles. The predicted octanol–water partition coefficient (Wildman–Crippen LogP) is 4.47. The van der Waals surface area contributed by atoms with Gasteiger partial charge >= 0.3 is 0 Å². The number of carbonyl (C=O) groups is 1. The number of para-hydroxylation sites is 2. The third kappa shape index (κ3) is 4.60. The van der Waals surface area contributed by atoms with Crippen molar-refractivity contribution in [3.63, 3.8) is 0 Å². The minimum atomic E-state index is -3.18. The molecule has 0 aliphatic heterocycles. The summed E-state index contributed by atoms with van der Waals surface area (Å²) in [6.45, 7) is 2.19. The summed E-state index contributed by atoms with van der Waals surface area (Å²) in [5.41, 5.74) is 1.29. The molecular weight excluding hydrogens is 454 g/mol. The monoisotopic (exact) mass is 481 g/mol. The number of ether oxygens (including phenoxy) is 1. The Balaban J connectivity index is 2.23. The summed E-state index contributed by atoms with van der Waals surface area (Å²) in [4.78, 5) is 28.4. The van der Waals surface area contributed by atoms with E-state index in [4.69, 9.17) is 4.74 Å². The number of hydrogen-bond acceptors (Lipinski definition) is 6. The molecule has 1 unspecified atom stereocenters. The topological polar surface area (TPSA) is 93.0 Å². The molecule has 0 N–H and O–H groups in total. The molecule has 8 nitrogen and oxygen atoms in total. The molecule has 0 spiro atoms. The second-order valence-electron chi connectivity index (χ2n) is 7.69. The van der Waals surface area contributed by atoms with Gasteiger partial charge in [-0.1, -0.05) is 18.2 Å². The van der Waals surface area contributed by atoms with Gasteiger partial charge in [-0.3, -0.25) is 19.1 Å². The van der Waals surface area contributed by atoms with Crippen molar-refractivity contribution in [2.75, 3.05) is 37.5 Å². The van der Waals surface area contributed by atoms with E-state index in [-0.39, 0.29) is 22.1 Å². The van der Waals surface area contributed by atoms with E-state index in [2.05, 4.69) is 5.87 Å². The smallest absolute Gasteiger partial charge is 0.269 e. The molecular formula is C25H27N3O5S. The lowest BCUT2D eigenvalue weighted by Gasteiger charge is -2.28. The van der Waals surface area contributed by atoms with E-state index in [1.165, 1.54) is 31.4 Å². The number of nitrogens with zero attached hydrogens (tertiary/aromatic N) is 3. The van der Waals surface area contributed by atoms with E-state index in [0.29, 0.717) is 28.6 Å². The average molecular weight is 482 g/mol. The third-order valence-corrected chi connectivity index (χ3v) is 7.51. The molecule has 0 aliphatic rings. The van der Waals surface area contributed by atoms with Gasteiger partial charge in [-0.05, 0) is 49.2 Å². The number of anilines is 2. The summed E-state index contributed by atoms with van der Waals surface area (Å²) in [6, 6.07) is 17.7. The summed E-state index contributed by atoms with van der Waals surface area (Å²) < 4.78 is 19.5. The molecule has 0 bridgehead atoms. The largest absolute Gasteiger partial charge is 0.495 e. The van der Waals surface area contributed by atoms with Crippen molar-refractivity contribution in [1.82, 2.24) is 0 Å². The van der Waals surface area contributed by atoms with Crippen molar-refractivity contribution in [2.24, 2.45) is 0 Å². The van der Waals surface area contributed by atoms with Crippen LogP contribution in [0.25, 0.3) is 0 Å². The van der Waals surface area contributed by atoms with Crippen LogP contribution in [0.2, 0.25) is 0 Å². The van der Waals surface area contributed by atoms with E-state index in [9.17, 15) is 19.1 Å². The third-order valence-electron chi connectivity index (χ3n) is 5.42. The van der Waals surface area contributed by atoms with Gasteiger partial charge in [0.2, 0.25) is 0 Å². The van der Waals surface area contributed by atoms with Crippen LogP contribution in [-0.4, -0.2) is 48.7 Å². The van der Waals surface area contributed by atoms with Crippen LogP contribution >= 0.6 is 0 Å². The normalized spacial score (nSPS) is 12.5. The van der Waals surface area contributed by atoms with Crippen LogP contribution in [0.4, 0.5) is 17.1 Å². The van der Waals surface area contributed by atoms with Crippen LogP contribution in [0.3, 0.4) is 0 Å². The highest BCUT2D eigenvalue weighted by Gasteiger charge is 2.29. The molecule has 0 radical (unpaired) electrons. The van der Waals surface area contributed by atoms with Crippen LogP contribution in [0, 0.1) is 10.1 Å². The molecule has 34 heavy (non-hydrogen) atoms. The molecule has 0 saturated heterocycles. The van der Waals surface area contributed by atoms with Crippen molar-refractivity contribution in [2.45, 2.75) is 16.7 Å². The number of benzene rings is 3. The summed E-state index contributed by atoms with van der Waals surface area (Å²) in [7, 11) is 1.95. The molecule has 0 aliphatic carbocycles. The van der Waals surface area contributed by atoms with E-state index >= 15 is 0 Å². The van der Waals surface area contributed by atoms with Crippen molar-refractivity contribution in [3.8, 4) is 5.75 Å². The van der Waals surface area contributed by atoms with Gasteiger partial charge in [0, 0.05) is 52.1 Å². The number of rotatable bonds is 8. The van der Waals surface area contributed by atoms with Crippen LogP contribution in [-0.2, 0) is 9.52 Å². The van der Waals surface area contributed by atoms with Gasteiger partial charge in [0.05, 0.1) is 29.0 Å². The SMILES string of the molecule is C=S(=O)(c1ccc([N+](=O)[O-])cc1)c1cccc(N(C)C)c1C(=O)N(CC)c1ccccc1OC. The quantitative estimate of drug-likeness (QED) is 0.268. The van der Waals surface area contributed by atoms with Gasteiger partial charge in [0.1, 0.15) is 5.75 Å². The number of nitro groups is 1. The van der Waals surface area contributed by atoms with Crippen LogP contribution in [0.1, 0.15) is 17.3 Å². The summed E-state index contributed by atoms with van der Waals surface area (Å²) in [6.07, 6.45) is 0. The summed E-state index contributed by atoms with van der Waals surface area (Å²) in [5, 5.41) is 11.0. The van der Waals surface area contributed by atoms with Gasteiger partial charge in [-0.25, -0.2) is 0 Å². The molecule has 0 aromatic heterocycles. The maximum absolute atomic E-state index is 14.0. The zero-order valence-corrected chi connectivity index (χ0v) is 20.4. The molecule has 0 heterocycles. The van der Waals surface area contributed by atoms with Crippen molar-refractivity contribution in [3.05, 3.63) is 82.4 Å². The lowest BCUT2D eigenvalue weighted by Crippen LogP contribution is -2.33. The number of amides is 1. The molecule has 0 saturated carbocycles. The number of nitro benzene ring substituents is 1. The van der Waals surface area contributed by atoms with Crippen LogP contribution in [0.15, 0.2) is 76.5 Å². The Labute approximate surface area is 199 Å². The zero-order valence-electron chi connectivity index (χ0n) is 19.6. The maximum Gasteiger partial charge on any atom is 0.269 e. The molecule has 3 aromatic rings. The van der Waals surface area contributed by atoms with Crippen molar-refractivity contribution >= 4 is 38.4 Å². The van der Waals surface area contributed by atoms with E-state index < -0.39 is 14.4 Å². The molecule has 3 rings (SSSR count). The molecule has 178 valence electrons. The van der Waals surface area contributed by atoms with Gasteiger partial charge in [0.15, 0.2) is 0 Å². The first kappa shape index (κ1) is 24.8. The predicted molar refractivity (Wildman–Crippen MR) is 136 cm³/mol. The first-order valence-electron chi connectivity index (χ1n) is 10.5. The highest BCUT2D eigenvalue weighted by atomic mass is 32.2. The molecule has 0 fully saturated rings.